The maximum Gasteiger partial charge on any atom is 0.254 e. The molecule has 0 saturated carbocycles. The van der Waals surface area contributed by atoms with Crippen LogP contribution >= 0.6 is 0 Å². The predicted molar refractivity (Wildman–Crippen MR) is 71.1 cm³/mol. The second-order valence-electron chi connectivity index (χ2n) is 4.43. The fraction of sp³-hybridized carbons (Fsp3) is 0.583. The van der Waals surface area contributed by atoms with Crippen LogP contribution in [0.3, 0.4) is 0 Å². The third kappa shape index (κ3) is 2.40. The Bertz CT molecular complexity index is 520. The molecule has 1 saturated heterocycles. The molecule has 1 aromatic rings. The van der Waals surface area contributed by atoms with E-state index in [1.165, 1.54) is 0 Å². The Hall–Kier alpha value is -2.05. The predicted octanol–water partition coefficient (Wildman–Crippen LogP) is 0.264. The molecule has 2 heterocycles. The van der Waals surface area contributed by atoms with Gasteiger partial charge in [-0.3, -0.25) is 15.1 Å². The molecule has 2 N–H and O–H groups in total. The van der Waals surface area contributed by atoms with E-state index in [9.17, 15) is 4.79 Å². The smallest absolute Gasteiger partial charge is 0.254 e. The van der Waals surface area contributed by atoms with Gasteiger partial charge in [0.1, 0.15) is 6.04 Å². The number of aliphatic imine (C=N–C) groups is 1. The van der Waals surface area contributed by atoms with Gasteiger partial charge in [-0.25, -0.2) is 4.68 Å². The number of amides is 1. The number of aromatic nitrogens is 2. The summed E-state index contributed by atoms with van der Waals surface area (Å²) >= 11 is 0. The third-order valence-electron chi connectivity index (χ3n) is 2.97. The lowest BCUT2D eigenvalue weighted by atomic mass is 10.1. The van der Waals surface area contributed by atoms with Crippen molar-refractivity contribution in [1.82, 2.24) is 20.4 Å². The fourth-order valence-electron chi connectivity index (χ4n) is 2.17. The monoisotopic (exact) mass is 265 g/mol. The van der Waals surface area contributed by atoms with Crippen LogP contribution in [0.25, 0.3) is 0 Å². The highest BCUT2D eigenvalue weighted by Crippen LogP contribution is 2.29. The van der Waals surface area contributed by atoms with E-state index in [2.05, 4.69) is 20.7 Å². The van der Waals surface area contributed by atoms with Crippen molar-refractivity contribution in [2.24, 2.45) is 12.0 Å². The van der Waals surface area contributed by atoms with Gasteiger partial charge in [-0.05, 0) is 13.3 Å². The molecule has 1 amide bonds. The lowest BCUT2D eigenvalue weighted by Gasteiger charge is -2.09. The average molecular weight is 265 g/mol. The standard InChI is InChI=1S/C12H19N5O2/c1-5-6-13-12-14-9(10(18)15-12)8-7(2)16-17(3)11(8)19-4/h9H,5-6H2,1-4H3,(H2,13,14,15,18). The van der Waals surface area contributed by atoms with E-state index >= 15 is 0 Å². The highest BCUT2D eigenvalue weighted by Gasteiger charge is 2.35. The molecule has 0 spiro atoms. The summed E-state index contributed by atoms with van der Waals surface area (Å²) in [4.78, 5) is 16.3. The Morgan fingerprint density at radius 3 is 2.89 bits per heavy atom. The normalized spacial score (nSPS) is 20.5. The number of rotatable bonds is 4. The molecule has 19 heavy (non-hydrogen) atoms. The topological polar surface area (TPSA) is 80.5 Å². The van der Waals surface area contributed by atoms with Gasteiger partial charge in [-0.2, -0.15) is 5.10 Å². The van der Waals surface area contributed by atoms with E-state index in [1.807, 2.05) is 13.8 Å². The van der Waals surface area contributed by atoms with Crippen molar-refractivity contribution in [3.8, 4) is 5.88 Å². The van der Waals surface area contributed by atoms with Crippen LogP contribution in [0.1, 0.15) is 30.6 Å². The van der Waals surface area contributed by atoms with Crippen LogP contribution < -0.4 is 15.4 Å². The number of nitrogens with zero attached hydrogens (tertiary/aromatic N) is 3. The Morgan fingerprint density at radius 2 is 2.26 bits per heavy atom. The number of ether oxygens (including phenoxy) is 1. The van der Waals surface area contributed by atoms with Gasteiger partial charge in [0, 0.05) is 13.6 Å². The number of hydrogen-bond acceptors (Lipinski definition) is 4. The molecule has 7 nitrogen and oxygen atoms in total. The van der Waals surface area contributed by atoms with Crippen molar-refractivity contribution in [3.63, 3.8) is 0 Å². The number of aryl methyl sites for hydroxylation is 2. The van der Waals surface area contributed by atoms with Crippen LogP contribution in [-0.4, -0.2) is 35.3 Å². The number of guanidine groups is 1. The zero-order chi connectivity index (χ0) is 14.0. The molecule has 7 heteroatoms. The lowest BCUT2D eigenvalue weighted by Crippen LogP contribution is -2.25. The van der Waals surface area contributed by atoms with Gasteiger partial charge >= 0.3 is 0 Å². The van der Waals surface area contributed by atoms with Crippen LogP contribution in [0.4, 0.5) is 0 Å². The Balaban J connectivity index is 2.30. The Labute approximate surface area is 112 Å². The lowest BCUT2D eigenvalue weighted by molar-refractivity contribution is -0.120. The van der Waals surface area contributed by atoms with E-state index < -0.39 is 6.04 Å². The molecular weight excluding hydrogens is 246 g/mol. The van der Waals surface area contributed by atoms with Gasteiger partial charge in [-0.15, -0.1) is 0 Å². The van der Waals surface area contributed by atoms with Crippen LogP contribution in [0.2, 0.25) is 0 Å². The second-order valence-corrected chi connectivity index (χ2v) is 4.43. The van der Waals surface area contributed by atoms with Crippen LogP contribution in [0.15, 0.2) is 4.99 Å². The molecule has 2 rings (SSSR count). The minimum Gasteiger partial charge on any atom is -0.481 e. The van der Waals surface area contributed by atoms with Gasteiger partial charge in [0.25, 0.3) is 5.91 Å². The van der Waals surface area contributed by atoms with Gasteiger partial charge in [-0.1, -0.05) is 6.92 Å². The fourth-order valence-corrected chi connectivity index (χ4v) is 2.17. The van der Waals surface area contributed by atoms with E-state index in [-0.39, 0.29) is 5.91 Å². The van der Waals surface area contributed by atoms with Crippen molar-refractivity contribution in [3.05, 3.63) is 11.3 Å². The first kappa shape index (κ1) is 13.4. The van der Waals surface area contributed by atoms with E-state index in [0.29, 0.717) is 18.4 Å². The first-order chi connectivity index (χ1) is 9.08. The zero-order valence-corrected chi connectivity index (χ0v) is 11.6. The van der Waals surface area contributed by atoms with Gasteiger partial charge < -0.3 is 10.1 Å². The first-order valence-electron chi connectivity index (χ1n) is 6.27. The third-order valence-corrected chi connectivity index (χ3v) is 2.97. The van der Waals surface area contributed by atoms with Crippen molar-refractivity contribution in [1.29, 1.82) is 0 Å². The Kier molecular flexibility index (Phi) is 3.73. The summed E-state index contributed by atoms with van der Waals surface area (Å²) in [6.45, 7) is 4.57. The molecule has 0 aliphatic carbocycles. The minimum absolute atomic E-state index is 0.135. The second kappa shape index (κ2) is 5.29. The molecule has 1 unspecified atom stereocenters. The molecule has 1 atom stereocenters. The van der Waals surface area contributed by atoms with Gasteiger partial charge in [0.15, 0.2) is 5.96 Å². The number of nitrogens with one attached hydrogen (secondary N) is 2. The number of carbonyl (C=O) groups is 1. The SMILES string of the molecule is CCCN=C1NC(=O)C(c2c(C)nn(C)c2OC)N1. The highest BCUT2D eigenvalue weighted by atomic mass is 16.5. The molecule has 1 aliphatic rings. The summed E-state index contributed by atoms with van der Waals surface area (Å²) in [5, 5.41) is 10.1. The van der Waals surface area contributed by atoms with Gasteiger partial charge in [0.2, 0.25) is 5.88 Å². The number of hydrogen-bond donors (Lipinski definition) is 2. The van der Waals surface area contributed by atoms with Crippen molar-refractivity contribution in [2.45, 2.75) is 26.3 Å². The molecular formula is C12H19N5O2. The van der Waals surface area contributed by atoms with E-state index in [4.69, 9.17) is 4.74 Å². The van der Waals surface area contributed by atoms with Crippen LogP contribution in [-0.2, 0) is 11.8 Å². The minimum atomic E-state index is -0.501. The average Bonchev–Trinajstić information content (AvgIpc) is 2.86. The Morgan fingerprint density at radius 1 is 1.53 bits per heavy atom. The summed E-state index contributed by atoms with van der Waals surface area (Å²) in [5.74, 6) is 0.966. The first-order valence-corrected chi connectivity index (χ1v) is 6.27. The summed E-state index contributed by atoms with van der Waals surface area (Å²) < 4.78 is 6.94. The maximum atomic E-state index is 12.0. The zero-order valence-electron chi connectivity index (χ0n) is 11.6. The molecule has 1 aromatic heterocycles. The van der Waals surface area contributed by atoms with Crippen molar-refractivity contribution >= 4 is 11.9 Å². The van der Waals surface area contributed by atoms with Crippen molar-refractivity contribution < 1.29 is 9.53 Å². The summed E-state index contributed by atoms with van der Waals surface area (Å²) in [7, 11) is 3.35. The van der Waals surface area contributed by atoms with E-state index in [0.717, 1.165) is 17.7 Å². The van der Waals surface area contributed by atoms with E-state index in [1.54, 1.807) is 18.8 Å². The molecule has 0 aromatic carbocycles. The highest BCUT2D eigenvalue weighted by molar-refractivity contribution is 6.07. The summed E-state index contributed by atoms with van der Waals surface area (Å²) in [6, 6.07) is -0.501. The molecule has 1 fully saturated rings. The molecule has 104 valence electrons. The van der Waals surface area contributed by atoms with Crippen molar-refractivity contribution in [2.75, 3.05) is 13.7 Å². The number of methoxy groups -OCH3 is 1. The summed E-state index contributed by atoms with van der Waals surface area (Å²) in [6.07, 6.45) is 0.932. The quantitative estimate of drug-likeness (QED) is 0.818. The van der Waals surface area contributed by atoms with Gasteiger partial charge in [0.05, 0.1) is 18.4 Å². The molecule has 1 aliphatic heterocycles. The molecule has 0 radical (unpaired) electrons. The summed E-state index contributed by atoms with van der Waals surface area (Å²) in [5.41, 5.74) is 1.52. The molecule has 0 bridgehead atoms. The maximum absolute atomic E-state index is 12.0. The number of carbonyl (C=O) groups excluding carboxylic acids is 1. The van der Waals surface area contributed by atoms with Crippen LogP contribution in [0.5, 0.6) is 5.88 Å². The largest absolute Gasteiger partial charge is 0.481 e. The van der Waals surface area contributed by atoms with Crippen LogP contribution in [0, 0.1) is 6.92 Å².